The van der Waals surface area contributed by atoms with E-state index in [-0.39, 0.29) is 6.42 Å². The Bertz CT molecular complexity index is 735. The highest BCUT2D eigenvalue weighted by Gasteiger charge is 2.18. The molecule has 1 N–H and O–H groups in total. The summed E-state index contributed by atoms with van der Waals surface area (Å²) < 4.78 is 5.15. The van der Waals surface area contributed by atoms with E-state index in [4.69, 9.17) is 10.00 Å². The Balaban J connectivity index is 1.78. The lowest BCUT2D eigenvalue weighted by atomic mass is 10.2. The minimum absolute atomic E-state index is 0.268. The first-order chi connectivity index (χ1) is 11.6. The molecule has 2 rings (SSSR count). The Kier molecular flexibility index (Phi) is 6.52. The van der Waals surface area contributed by atoms with E-state index in [0.717, 1.165) is 6.42 Å². The molecule has 0 unspecified atom stereocenters. The maximum atomic E-state index is 12.1. The number of nitrogens with zero attached hydrogens (tertiary/aromatic N) is 1. The molecule has 0 saturated carbocycles. The molecular weight excluding hydrogens is 324 g/mol. The number of thiophene rings is 1. The Morgan fingerprint density at radius 3 is 2.79 bits per heavy atom. The highest BCUT2D eigenvalue weighted by atomic mass is 32.1. The fourth-order valence-electron chi connectivity index (χ4n) is 2.10. The summed E-state index contributed by atoms with van der Waals surface area (Å²) in [6.45, 7) is 1.52. The number of esters is 1. The summed E-state index contributed by atoms with van der Waals surface area (Å²) >= 11 is 1.66. The molecule has 0 aliphatic heterocycles. The van der Waals surface area contributed by atoms with Crippen LogP contribution in [0, 0.1) is 11.3 Å². The predicted molar refractivity (Wildman–Crippen MR) is 92.6 cm³/mol. The number of hydrogen-bond acceptors (Lipinski definition) is 5. The Labute approximate surface area is 144 Å². The second-order valence-electron chi connectivity index (χ2n) is 5.21. The van der Waals surface area contributed by atoms with Gasteiger partial charge in [0, 0.05) is 11.3 Å². The van der Waals surface area contributed by atoms with Gasteiger partial charge in [-0.25, -0.2) is 0 Å². The fourth-order valence-corrected chi connectivity index (χ4v) is 2.85. The van der Waals surface area contributed by atoms with Crippen LogP contribution in [0.25, 0.3) is 0 Å². The fraction of sp³-hybridized carbons (Fsp3) is 0.278. The second-order valence-corrected chi connectivity index (χ2v) is 6.24. The zero-order valence-electron chi connectivity index (χ0n) is 13.3. The van der Waals surface area contributed by atoms with Gasteiger partial charge in [-0.3, -0.25) is 9.59 Å². The van der Waals surface area contributed by atoms with Crippen molar-refractivity contribution in [2.24, 2.45) is 0 Å². The van der Waals surface area contributed by atoms with Crippen LogP contribution >= 0.6 is 11.3 Å². The molecule has 5 nitrogen and oxygen atoms in total. The first kappa shape index (κ1) is 17.7. The van der Waals surface area contributed by atoms with Crippen LogP contribution < -0.4 is 5.32 Å². The molecule has 0 bridgehead atoms. The molecule has 0 radical (unpaired) electrons. The van der Waals surface area contributed by atoms with Gasteiger partial charge in [-0.2, -0.15) is 5.26 Å². The van der Waals surface area contributed by atoms with Crippen LogP contribution in [0.5, 0.6) is 0 Å². The van der Waals surface area contributed by atoms with Crippen molar-refractivity contribution in [3.05, 3.63) is 52.2 Å². The molecule has 0 saturated heterocycles. The number of carbonyl (C=O) groups excluding carboxylic acids is 2. The van der Waals surface area contributed by atoms with Crippen LogP contribution in [0.3, 0.4) is 0 Å². The van der Waals surface area contributed by atoms with Gasteiger partial charge in [-0.15, -0.1) is 11.3 Å². The highest BCUT2D eigenvalue weighted by Crippen LogP contribution is 2.15. The lowest BCUT2D eigenvalue weighted by Gasteiger charge is -2.14. The molecule has 24 heavy (non-hydrogen) atoms. The average Bonchev–Trinajstić information content (AvgIpc) is 3.08. The van der Waals surface area contributed by atoms with Gasteiger partial charge in [0.15, 0.2) is 6.10 Å². The first-order valence-corrected chi connectivity index (χ1v) is 8.50. The molecule has 6 heteroatoms. The number of amides is 1. The molecule has 124 valence electrons. The number of nitrogens with one attached hydrogen (secondary N) is 1. The van der Waals surface area contributed by atoms with Crippen LogP contribution in [-0.2, 0) is 20.7 Å². The molecule has 1 aromatic carbocycles. The van der Waals surface area contributed by atoms with E-state index in [1.165, 1.54) is 11.8 Å². The Morgan fingerprint density at radius 1 is 1.29 bits per heavy atom. The summed E-state index contributed by atoms with van der Waals surface area (Å²) in [5.74, 6) is -0.855. The number of hydrogen-bond donors (Lipinski definition) is 1. The number of rotatable bonds is 7. The second kappa shape index (κ2) is 8.85. The number of ether oxygens (including phenoxy) is 1. The van der Waals surface area contributed by atoms with Gasteiger partial charge in [0.2, 0.25) is 0 Å². The summed E-state index contributed by atoms with van der Waals surface area (Å²) in [5.41, 5.74) is 0.769. The van der Waals surface area contributed by atoms with E-state index in [1.54, 1.807) is 35.6 Å². The van der Waals surface area contributed by atoms with Crippen molar-refractivity contribution in [1.82, 2.24) is 0 Å². The van der Waals surface area contributed by atoms with Crippen molar-refractivity contribution in [3.8, 4) is 6.07 Å². The SMILES string of the molecule is C[C@H](OC(=O)CCCc1cccs1)C(=O)Nc1ccccc1C#N. The third-order valence-electron chi connectivity index (χ3n) is 3.37. The van der Waals surface area contributed by atoms with Gasteiger partial charge in [0.1, 0.15) is 6.07 Å². The molecule has 1 heterocycles. The quantitative estimate of drug-likeness (QED) is 0.781. The van der Waals surface area contributed by atoms with Crippen molar-refractivity contribution in [2.75, 3.05) is 5.32 Å². The minimum Gasteiger partial charge on any atom is -0.453 e. The van der Waals surface area contributed by atoms with Gasteiger partial charge in [-0.05, 0) is 43.3 Å². The molecule has 1 atom stereocenters. The van der Waals surface area contributed by atoms with Crippen molar-refractivity contribution < 1.29 is 14.3 Å². The van der Waals surface area contributed by atoms with E-state index < -0.39 is 18.0 Å². The zero-order valence-corrected chi connectivity index (χ0v) is 14.1. The number of benzene rings is 1. The van der Waals surface area contributed by atoms with E-state index in [1.807, 2.05) is 23.6 Å². The zero-order chi connectivity index (χ0) is 17.4. The third-order valence-corrected chi connectivity index (χ3v) is 4.30. The van der Waals surface area contributed by atoms with Gasteiger partial charge in [0.25, 0.3) is 5.91 Å². The van der Waals surface area contributed by atoms with Crippen molar-refractivity contribution in [1.29, 1.82) is 5.26 Å². The van der Waals surface area contributed by atoms with E-state index >= 15 is 0 Å². The summed E-state index contributed by atoms with van der Waals surface area (Å²) in [6.07, 6.45) is 0.865. The molecule has 0 fully saturated rings. The van der Waals surface area contributed by atoms with Gasteiger partial charge < -0.3 is 10.1 Å². The highest BCUT2D eigenvalue weighted by molar-refractivity contribution is 7.09. The predicted octanol–water partition coefficient (Wildman–Crippen LogP) is 3.51. The number of carbonyl (C=O) groups is 2. The van der Waals surface area contributed by atoms with Crippen LogP contribution in [0.4, 0.5) is 5.69 Å². The van der Waals surface area contributed by atoms with E-state index in [0.29, 0.717) is 17.7 Å². The normalized spacial score (nSPS) is 11.3. The summed E-state index contributed by atoms with van der Waals surface area (Å²) in [7, 11) is 0. The van der Waals surface area contributed by atoms with Crippen molar-refractivity contribution >= 4 is 28.9 Å². The lowest BCUT2D eigenvalue weighted by molar-refractivity contribution is -0.153. The van der Waals surface area contributed by atoms with E-state index in [9.17, 15) is 9.59 Å². The van der Waals surface area contributed by atoms with Crippen molar-refractivity contribution in [2.45, 2.75) is 32.3 Å². The van der Waals surface area contributed by atoms with Gasteiger partial charge >= 0.3 is 5.97 Å². The Morgan fingerprint density at radius 2 is 2.08 bits per heavy atom. The maximum absolute atomic E-state index is 12.1. The Hall–Kier alpha value is -2.65. The molecule has 2 aromatic rings. The largest absolute Gasteiger partial charge is 0.453 e. The summed E-state index contributed by atoms with van der Waals surface area (Å²) in [6, 6.07) is 12.7. The van der Waals surface area contributed by atoms with Crippen molar-refractivity contribution in [3.63, 3.8) is 0 Å². The smallest absolute Gasteiger partial charge is 0.306 e. The van der Waals surface area contributed by atoms with Crippen LogP contribution in [0.1, 0.15) is 30.2 Å². The molecule has 1 amide bonds. The maximum Gasteiger partial charge on any atom is 0.306 e. The number of para-hydroxylation sites is 1. The number of nitriles is 1. The van der Waals surface area contributed by atoms with Crippen LogP contribution in [0.15, 0.2) is 41.8 Å². The molecule has 0 spiro atoms. The number of anilines is 1. The third kappa shape index (κ3) is 5.21. The summed E-state index contributed by atoms with van der Waals surface area (Å²) in [4.78, 5) is 25.1. The van der Waals surface area contributed by atoms with Gasteiger partial charge in [0.05, 0.1) is 11.3 Å². The van der Waals surface area contributed by atoms with E-state index in [2.05, 4.69) is 5.32 Å². The topological polar surface area (TPSA) is 79.2 Å². The molecule has 0 aliphatic rings. The average molecular weight is 342 g/mol. The van der Waals surface area contributed by atoms with Crippen LogP contribution in [-0.4, -0.2) is 18.0 Å². The summed E-state index contributed by atoms with van der Waals surface area (Å²) in [5, 5.41) is 13.6. The molecule has 1 aromatic heterocycles. The van der Waals surface area contributed by atoms with Gasteiger partial charge in [-0.1, -0.05) is 18.2 Å². The lowest BCUT2D eigenvalue weighted by Crippen LogP contribution is -2.30. The monoisotopic (exact) mass is 342 g/mol. The molecular formula is C18H18N2O3S. The minimum atomic E-state index is -0.911. The number of aryl methyl sites for hydroxylation is 1. The standard InChI is InChI=1S/C18H18N2O3S/c1-13(18(22)20-16-9-3-2-6-14(16)12-19)23-17(21)10-4-7-15-8-5-11-24-15/h2-3,5-6,8-9,11,13H,4,7,10H2,1H3,(H,20,22)/t13-/m0/s1. The molecule has 0 aliphatic carbocycles. The first-order valence-electron chi connectivity index (χ1n) is 7.62. The van der Waals surface area contributed by atoms with Crippen LogP contribution in [0.2, 0.25) is 0 Å².